The normalized spacial score (nSPS) is 11.0. The summed E-state index contributed by atoms with van der Waals surface area (Å²) in [5, 5.41) is 5.32. The van der Waals surface area contributed by atoms with Gasteiger partial charge in [-0.05, 0) is 38.1 Å². The molecule has 0 bridgehead atoms. The Kier molecular flexibility index (Phi) is 5.46. The zero-order valence-electron chi connectivity index (χ0n) is 16.0. The molecular weight excluding hydrogens is 406 g/mol. The molecule has 4 aromatic rings. The number of para-hydroxylation sites is 2. The van der Waals surface area contributed by atoms with Crippen LogP contribution in [0.5, 0.6) is 5.75 Å². The highest BCUT2D eigenvalue weighted by atomic mass is 32.1. The van der Waals surface area contributed by atoms with Gasteiger partial charge in [-0.1, -0.05) is 12.1 Å². The number of rotatable bonds is 6. The molecule has 0 radical (unpaired) electrons. The van der Waals surface area contributed by atoms with Gasteiger partial charge >= 0.3 is 0 Å². The van der Waals surface area contributed by atoms with Crippen molar-refractivity contribution in [1.29, 1.82) is 0 Å². The van der Waals surface area contributed by atoms with Gasteiger partial charge in [0.05, 0.1) is 24.0 Å². The highest BCUT2D eigenvalue weighted by Crippen LogP contribution is 2.34. The van der Waals surface area contributed by atoms with Gasteiger partial charge in [-0.25, -0.2) is 4.98 Å². The number of nitrogens with zero attached hydrogens (tertiary/aromatic N) is 2. The summed E-state index contributed by atoms with van der Waals surface area (Å²) in [5.74, 6) is 0.279. The fourth-order valence-corrected chi connectivity index (χ4v) is 4.90. The molecule has 0 spiro atoms. The Balaban J connectivity index is 1.63. The number of benzene rings is 1. The Bertz CT molecular complexity index is 1240. The number of carbonyl (C=O) groups excluding carboxylic acids is 1. The molecule has 0 atom stereocenters. The van der Waals surface area contributed by atoms with Gasteiger partial charge in [0.25, 0.3) is 5.56 Å². The van der Waals surface area contributed by atoms with E-state index in [2.05, 4.69) is 10.3 Å². The fourth-order valence-electron chi connectivity index (χ4n) is 3.04. The standard InChI is InChI=1S/C21H19N3O3S2/c1-3-27-16-7-5-4-6-15(16)23-18(25)10-24-12-22-20-19(21(24)26)14(11-28-20)17-9-8-13(2)29-17/h4-9,11-12H,3,10H2,1-2H3,(H,23,25). The molecule has 0 saturated heterocycles. The second-order valence-corrected chi connectivity index (χ2v) is 8.54. The van der Waals surface area contributed by atoms with Gasteiger partial charge in [0.15, 0.2) is 0 Å². The second kappa shape index (κ2) is 8.18. The SMILES string of the molecule is CCOc1ccccc1NC(=O)Cn1cnc2scc(-c3ccc(C)s3)c2c1=O. The Morgan fingerprint density at radius 3 is 2.83 bits per heavy atom. The quantitative estimate of drug-likeness (QED) is 0.492. The lowest BCUT2D eigenvalue weighted by atomic mass is 10.2. The third-order valence-corrected chi connectivity index (χ3v) is 6.26. The van der Waals surface area contributed by atoms with Crippen molar-refractivity contribution < 1.29 is 9.53 Å². The van der Waals surface area contributed by atoms with Crippen LogP contribution in [-0.2, 0) is 11.3 Å². The molecule has 29 heavy (non-hydrogen) atoms. The van der Waals surface area contributed by atoms with Crippen molar-refractivity contribution in [2.45, 2.75) is 20.4 Å². The Hall–Kier alpha value is -2.97. The number of hydrogen-bond donors (Lipinski definition) is 1. The van der Waals surface area contributed by atoms with Crippen LogP contribution in [0.2, 0.25) is 0 Å². The largest absolute Gasteiger partial charge is 0.492 e. The van der Waals surface area contributed by atoms with Crippen molar-refractivity contribution in [3.63, 3.8) is 0 Å². The third kappa shape index (κ3) is 3.94. The van der Waals surface area contributed by atoms with Crippen LogP contribution in [0.1, 0.15) is 11.8 Å². The maximum atomic E-state index is 13.1. The van der Waals surface area contributed by atoms with E-state index in [0.29, 0.717) is 28.3 Å². The highest BCUT2D eigenvalue weighted by molar-refractivity contribution is 7.19. The molecule has 148 valence electrons. The molecule has 4 rings (SSSR count). The van der Waals surface area contributed by atoms with Crippen LogP contribution in [0.4, 0.5) is 5.69 Å². The van der Waals surface area contributed by atoms with Crippen molar-refractivity contribution in [2.75, 3.05) is 11.9 Å². The molecule has 1 amide bonds. The number of ether oxygens (including phenoxy) is 1. The lowest BCUT2D eigenvalue weighted by Crippen LogP contribution is -2.27. The monoisotopic (exact) mass is 425 g/mol. The van der Waals surface area contributed by atoms with Gasteiger partial charge in [0, 0.05) is 20.7 Å². The van der Waals surface area contributed by atoms with E-state index in [-0.39, 0.29) is 18.0 Å². The van der Waals surface area contributed by atoms with Crippen molar-refractivity contribution in [3.05, 3.63) is 63.3 Å². The van der Waals surface area contributed by atoms with E-state index >= 15 is 0 Å². The topological polar surface area (TPSA) is 73.2 Å². The van der Waals surface area contributed by atoms with Crippen LogP contribution >= 0.6 is 22.7 Å². The number of amides is 1. The minimum atomic E-state index is -0.316. The molecule has 0 aliphatic carbocycles. The van der Waals surface area contributed by atoms with Gasteiger partial charge in [-0.15, -0.1) is 22.7 Å². The number of nitrogens with one attached hydrogen (secondary N) is 1. The van der Waals surface area contributed by atoms with Crippen molar-refractivity contribution in [2.24, 2.45) is 0 Å². The van der Waals surface area contributed by atoms with Crippen molar-refractivity contribution in [3.8, 4) is 16.2 Å². The van der Waals surface area contributed by atoms with Gasteiger partial charge in [0.1, 0.15) is 17.1 Å². The first-order chi connectivity index (χ1) is 14.1. The van der Waals surface area contributed by atoms with Crippen LogP contribution in [0.3, 0.4) is 0 Å². The second-order valence-electron chi connectivity index (χ2n) is 6.39. The molecule has 6 nitrogen and oxygen atoms in total. The summed E-state index contributed by atoms with van der Waals surface area (Å²) in [5.41, 5.74) is 1.23. The maximum absolute atomic E-state index is 13.1. The van der Waals surface area contributed by atoms with Crippen LogP contribution in [0.15, 0.2) is 52.9 Å². The van der Waals surface area contributed by atoms with Gasteiger partial charge < -0.3 is 10.1 Å². The lowest BCUT2D eigenvalue weighted by Gasteiger charge is -2.12. The summed E-state index contributed by atoms with van der Waals surface area (Å²) in [6.07, 6.45) is 1.43. The number of hydrogen-bond acceptors (Lipinski definition) is 6. The van der Waals surface area contributed by atoms with E-state index in [1.165, 1.54) is 27.1 Å². The summed E-state index contributed by atoms with van der Waals surface area (Å²) in [6.45, 7) is 4.29. The van der Waals surface area contributed by atoms with E-state index in [0.717, 1.165) is 10.4 Å². The molecule has 0 fully saturated rings. The lowest BCUT2D eigenvalue weighted by molar-refractivity contribution is -0.116. The molecule has 0 unspecified atom stereocenters. The molecule has 0 saturated carbocycles. The van der Waals surface area contributed by atoms with Gasteiger partial charge in [-0.2, -0.15) is 0 Å². The number of aromatic nitrogens is 2. The number of aryl methyl sites for hydroxylation is 1. The minimum Gasteiger partial charge on any atom is -0.492 e. The molecule has 3 heterocycles. The molecule has 3 aromatic heterocycles. The van der Waals surface area contributed by atoms with Gasteiger partial charge in [0.2, 0.25) is 5.91 Å². The van der Waals surface area contributed by atoms with E-state index in [9.17, 15) is 9.59 Å². The first kappa shape index (κ1) is 19.4. The summed E-state index contributed by atoms with van der Waals surface area (Å²) in [7, 11) is 0. The molecule has 1 aromatic carbocycles. The average Bonchev–Trinajstić information content (AvgIpc) is 3.32. The Morgan fingerprint density at radius 1 is 1.24 bits per heavy atom. The van der Waals surface area contributed by atoms with Crippen LogP contribution in [0.25, 0.3) is 20.7 Å². The number of thiophene rings is 2. The van der Waals surface area contributed by atoms with E-state index in [4.69, 9.17) is 4.74 Å². The van der Waals surface area contributed by atoms with E-state index < -0.39 is 0 Å². The van der Waals surface area contributed by atoms with Crippen molar-refractivity contribution in [1.82, 2.24) is 9.55 Å². The molecule has 0 aliphatic rings. The summed E-state index contributed by atoms with van der Waals surface area (Å²) >= 11 is 3.07. The number of anilines is 1. The smallest absolute Gasteiger partial charge is 0.263 e. The predicted octanol–water partition coefficient (Wildman–Crippen LogP) is 4.53. The van der Waals surface area contributed by atoms with Crippen LogP contribution in [-0.4, -0.2) is 22.1 Å². The Morgan fingerprint density at radius 2 is 2.07 bits per heavy atom. The fraction of sp³-hybridized carbons (Fsp3) is 0.190. The molecule has 1 N–H and O–H groups in total. The summed E-state index contributed by atoms with van der Waals surface area (Å²) in [4.78, 5) is 32.9. The van der Waals surface area contributed by atoms with Crippen LogP contribution < -0.4 is 15.6 Å². The van der Waals surface area contributed by atoms with Crippen molar-refractivity contribution >= 4 is 44.5 Å². The molecule has 0 aliphatic heterocycles. The zero-order valence-corrected chi connectivity index (χ0v) is 17.6. The highest BCUT2D eigenvalue weighted by Gasteiger charge is 2.16. The first-order valence-electron chi connectivity index (χ1n) is 9.12. The molecule has 8 heteroatoms. The molecular formula is C21H19N3O3S2. The summed E-state index contributed by atoms with van der Waals surface area (Å²) in [6, 6.07) is 11.3. The maximum Gasteiger partial charge on any atom is 0.263 e. The minimum absolute atomic E-state index is 0.124. The predicted molar refractivity (Wildman–Crippen MR) is 118 cm³/mol. The van der Waals surface area contributed by atoms with E-state index in [1.54, 1.807) is 23.5 Å². The number of carbonyl (C=O) groups is 1. The van der Waals surface area contributed by atoms with Gasteiger partial charge in [-0.3, -0.25) is 14.2 Å². The zero-order chi connectivity index (χ0) is 20.4. The first-order valence-corrected chi connectivity index (χ1v) is 10.8. The Labute approximate surface area is 175 Å². The average molecular weight is 426 g/mol. The summed E-state index contributed by atoms with van der Waals surface area (Å²) < 4.78 is 6.88. The third-order valence-electron chi connectivity index (χ3n) is 4.34. The number of fused-ring (bicyclic) bond motifs is 1. The van der Waals surface area contributed by atoms with Crippen LogP contribution in [0, 0.1) is 6.92 Å². The van der Waals surface area contributed by atoms with E-state index in [1.807, 2.05) is 43.5 Å².